The Morgan fingerprint density at radius 3 is 2.44 bits per heavy atom. The fraction of sp³-hybridized carbons (Fsp3) is 0.0833. The number of hydrogen-bond donors (Lipinski definition) is 1. The van der Waals surface area contributed by atoms with E-state index in [4.69, 9.17) is 11.3 Å². The summed E-state index contributed by atoms with van der Waals surface area (Å²) < 4.78 is 61.6. The second-order valence-electron chi connectivity index (χ2n) is 7.43. The minimum absolute atomic E-state index is 0.0193. The minimum atomic E-state index is -4.10. The first-order valence-corrected chi connectivity index (χ1v) is 11.3. The van der Waals surface area contributed by atoms with Crippen LogP contribution < -0.4 is 4.74 Å². The van der Waals surface area contributed by atoms with E-state index in [0.717, 1.165) is 27.7 Å². The van der Waals surface area contributed by atoms with Crippen molar-refractivity contribution in [1.29, 1.82) is 0 Å². The average molecular weight is 482 g/mol. The lowest BCUT2D eigenvalue weighted by Gasteiger charge is -2.14. The molecule has 0 atom stereocenters. The van der Waals surface area contributed by atoms with Gasteiger partial charge in [0.2, 0.25) is 5.69 Å². The van der Waals surface area contributed by atoms with E-state index in [1.165, 1.54) is 30.5 Å². The van der Waals surface area contributed by atoms with Gasteiger partial charge in [0.15, 0.2) is 11.6 Å². The number of aryl methyl sites for hydroxylation is 1. The topological polar surface area (TPSA) is 90.0 Å². The van der Waals surface area contributed by atoms with Crippen molar-refractivity contribution in [3.8, 4) is 11.5 Å². The van der Waals surface area contributed by atoms with Gasteiger partial charge in [-0.2, -0.15) is 0 Å². The van der Waals surface area contributed by atoms with Crippen molar-refractivity contribution < 1.29 is 31.8 Å². The molecular formula is C24H16F2N2O5S. The molecule has 3 aromatic carbocycles. The van der Waals surface area contributed by atoms with Crippen molar-refractivity contribution in [2.75, 3.05) is 0 Å². The Morgan fingerprint density at radius 2 is 1.79 bits per heavy atom. The number of carboxylic acids is 1. The highest BCUT2D eigenvalue weighted by Gasteiger charge is 2.25. The third-order valence-electron chi connectivity index (χ3n) is 5.13. The highest BCUT2D eigenvalue weighted by Crippen LogP contribution is 2.37. The van der Waals surface area contributed by atoms with Crippen molar-refractivity contribution in [2.45, 2.75) is 18.2 Å². The number of rotatable bonds is 6. The largest absolute Gasteiger partial charge is 0.481 e. The van der Waals surface area contributed by atoms with Crippen molar-refractivity contribution >= 4 is 32.6 Å². The predicted molar refractivity (Wildman–Crippen MR) is 120 cm³/mol. The average Bonchev–Trinajstić information content (AvgIpc) is 3.21. The number of carboxylic acid groups (broad SMARTS) is 1. The Hall–Kier alpha value is -4.23. The van der Waals surface area contributed by atoms with Crippen LogP contribution in [-0.4, -0.2) is 23.5 Å². The molecule has 172 valence electrons. The molecule has 1 aromatic heterocycles. The predicted octanol–water partition coefficient (Wildman–Crippen LogP) is 5.44. The molecule has 7 nitrogen and oxygen atoms in total. The summed E-state index contributed by atoms with van der Waals surface area (Å²) in [4.78, 5) is 14.5. The number of benzene rings is 3. The van der Waals surface area contributed by atoms with Crippen LogP contribution in [0.3, 0.4) is 0 Å². The van der Waals surface area contributed by atoms with E-state index in [1.54, 1.807) is 19.1 Å². The molecular weight excluding hydrogens is 466 g/mol. The van der Waals surface area contributed by atoms with Crippen LogP contribution in [0, 0.1) is 25.1 Å². The summed E-state index contributed by atoms with van der Waals surface area (Å²) in [6.45, 7) is 8.81. The van der Waals surface area contributed by atoms with E-state index >= 15 is 4.39 Å². The number of nitrogens with zero attached hydrogens (tertiary/aromatic N) is 2. The van der Waals surface area contributed by atoms with Crippen LogP contribution in [0.2, 0.25) is 0 Å². The fourth-order valence-electron chi connectivity index (χ4n) is 3.51. The maximum atomic E-state index is 15.2. The van der Waals surface area contributed by atoms with Gasteiger partial charge >= 0.3 is 5.97 Å². The molecule has 0 spiro atoms. The highest BCUT2D eigenvalue weighted by molar-refractivity contribution is 7.90. The minimum Gasteiger partial charge on any atom is -0.481 e. The normalized spacial score (nSPS) is 11.4. The second-order valence-corrected chi connectivity index (χ2v) is 9.24. The molecule has 0 fully saturated rings. The molecule has 0 aliphatic carbocycles. The number of halogens is 2. The monoisotopic (exact) mass is 482 g/mol. The zero-order valence-electron chi connectivity index (χ0n) is 17.6. The number of aromatic nitrogens is 1. The van der Waals surface area contributed by atoms with Crippen LogP contribution in [0.1, 0.15) is 11.1 Å². The molecule has 0 radical (unpaired) electrons. The van der Waals surface area contributed by atoms with Crippen LogP contribution in [0.5, 0.6) is 11.5 Å². The molecule has 4 rings (SSSR count). The van der Waals surface area contributed by atoms with Gasteiger partial charge in [-0.1, -0.05) is 17.7 Å². The summed E-state index contributed by atoms with van der Waals surface area (Å²) in [5.74, 6) is -3.64. The van der Waals surface area contributed by atoms with Gasteiger partial charge in [0, 0.05) is 23.2 Å². The number of ether oxygens (including phenoxy) is 1. The van der Waals surface area contributed by atoms with E-state index in [0.29, 0.717) is 0 Å². The van der Waals surface area contributed by atoms with Crippen LogP contribution in [-0.2, 0) is 21.2 Å². The first kappa shape index (κ1) is 22.9. The van der Waals surface area contributed by atoms with Crippen LogP contribution in [0.4, 0.5) is 14.5 Å². The molecule has 0 saturated heterocycles. The first-order chi connectivity index (χ1) is 16.1. The van der Waals surface area contributed by atoms with E-state index < -0.39 is 39.8 Å². The van der Waals surface area contributed by atoms with Crippen molar-refractivity contribution in [3.63, 3.8) is 0 Å². The number of fused-ring (bicyclic) bond motifs is 1. The van der Waals surface area contributed by atoms with Gasteiger partial charge in [0.25, 0.3) is 10.0 Å². The van der Waals surface area contributed by atoms with Gasteiger partial charge in [0.1, 0.15) is 11.6 Å². The standard InChI is InChI=1S/C24H16F2N2O5S/c1-14-3-6-16(7-4-14)34(31,32)28-10-9-17-18(12-23(29)30)24(20(26)13-22(17)28)33-15-5-8-19(25)21(11-15)27-2/h3-11,13H,12H2,1H3,(H,29,30). The summed E-state index contributed by atoms with van der Waals surface area (Å²) in [6, 6.07) is 11.6. The van der Waals surface area contributed by atoms with Crippen molar-refractivity contribution in [1.82, 2.24) is 3.97 Å². The Labute approximate surface area is 193 Å². The van der Waals surface area contributed by atoms with E-state index in [2.05, 4.69) is 4.85 Å². The maximum Gasteiger partial charge on any atom is 0.307 e. The molecule has 10 heteroatoms. The first-order valence-electron chi connectivity index (χ1n) is 9.83. The third-order valence-corrected chi connectivity index (χ3v) is 6.84. The van der Waals surface area contributed by atoms with Gasteiger partial charge in [-0.15, -0.1) is 0 Å². The zero-order valence-corrected chi connectivity index (χ0v) is 18.4. The fourth-order valence-corrected chi connectivity index (χ4v) is 4.84. The molecule has 1 N–H and O–H groups in total. The Kier molecular flexibility index (Phi) is 5.81. The van der Waals surface area contributed by atoms with Crippen LogP contribution in [0.15, 0.2) is 65.7 Å². The Morgan fingerprint density at radius 1 is 1.09 bits per heavy atom. The van der Waals surface area contributed by atoms with Crippen LogP contribution >= 0.6 is 0 Å². The zero-order chi connectivity index (χ0) is 24.6. The summed E-state index contributed by atoms with van der Waals surface area (Å²) >= 11 is 0. The molecule has 4 aromatic rings. The smallest absolute Gasteiger partial charge is 0.307 e. The Balaban J connectivity index is 1.89. The van der Waals surface area contributed by atoms with Gasteiger partial charge in [-0.25, -0.2) is 26.0 Å². The number of aliphatic carboxylic acids is 1. The highest BCUT2D eigenvalue weighted by atomic mass is 32.2. The number of carbonyl (C=O) groups is 1. The van der Waals surface area contributed by atoms with Crippen LogP contribution in [0.25, 0.3) is 15.7 Å². The van der Waals surface area contributed by atoms with Crippen molar-refractivity contribution in [2.24, 2.45) is 0 Å². The lowest BCUT2D eigenvalue weighted by molar-refractivity contribution is -0.136. The molecule has 0 saturated carbocycles. The SMILES string of the molecule is [C-]#[N+]c1cc(Oc2c(F)cc3c(ccn3S(=O)(=O)c3ccc(C)cc3)c2CC(=O)O)ccc1F. The van der Waals surface area contributed by atoms with Gasteiger partial charge in [-0.05, 0) is 43.3 Å². The summed E-state index contributed by atoms with van der Waals surface area (Å²) in [7, 11) is -4.10. The quantitative estimate of drug-likeness (QED) is 0.370. The van der Waals surface area contributed by atoms with E-state index in [1.807, 2.05) is 0 Å². The Bertz CT molecular complexity index is 1590. The van der Waals surface area contributed by atoms with Gasteiger partial charge < -0.3 is 9.84 Å². The van der Waals surface area contributed by atoms with E-state index in [-0.39, 0.29) is 32.8 Å². The molecule has 0 amide bonds. The molecule has 0 aliphatic heterocycles. The molecule has 34 heavy (non-hydrogen) atoms. The number of hydrogen-bond acceptors (Lipinski definition) is 4. The molecule has 0 bridgehead atoms. The third kappa shape index (κ3) is 4.09. The summed E-state index contributed by atoms with van der Waals surface area (Å²) in [5.41, 5.74) is 0.334. The van der Waals surface area contributed by atoms with Gasteiger partial charge in [0.05, 0.1) is 23.4 Å². The summed E-state index contributed by atoms with van der Waals surface area (Å²) in [5, 5.41) is 9.56. The lowest BCUT2D eigenvalue weighted by Crippen LogP contribution is -2.12. The second kappa shape index (κ2) is 8.61. The lowest BCUT2D eigenvalue weighted by atomic mass is 10.1. The molecule has 1 heterocycles. The molecule has 0 aliphatic rings. The van der Waals surface area contributed by atoms with Crippen molar-refractivity contribution in [3.05, 3.63) is 95.0 Å². The van der Waals surface area contributed by atoms with E-state index in [9.17, 15) is 22.7 Å². The molecule has 0 unspecified atom stereocenters. The maximum absolute atomic E-state index is 15.2. The van der Waals surface area contributed by atoms with Gasteiger partial charge in [-0.3, -0.25) is 4.79 Å². The summed E-state index contributed by atoms with van der Waals surface area (Å²) in [6.07, 6.45) is 0.540.